The molecule has 1 aliphatic rings. The van der Waals surface area contributed by atoms with Crippen molar-refractivity contribution in [3.05, 3.63) is 83.7 Å². The Morgan fingerprint density at radius 1 is 1.03 bits per heavy atom. The second-order valence-electron chi connectivity index (χ2n) is 8.33. The quantitative estimate of drug-likeness (QED) is 0.452. The lowest BCUT2D eigenvalue weighted by Gasteiger charge is -2.24. The van der Waals surface area contributed by atoms with E-state index in [1.165, 1.54) is 11.9 Å². The number of hydrogen-bond donors (Lipinski definition) is 3. The number of H-pyrrole nitrogens is 1. The molecule has 0 saturated heterocycles. The molecular weight excluding hydrogens is 434 g/mol. The molecule has 8 nitrogen and oxygen atoms in total. The van der Waals surface area contributed by atoms with Gasteiger partial charge in [-0.3, -0.25) is 9.59 Å². The average Bonchev–Trinajstić information content (AvgIpc) is 3.46. The van der Waals surface area contributed by atoms with Crippen LogP contribution in [-0.2, 0) is 20.7 Å². The standard InChI is InChI=1S/C26H27N3O5/c1-29(14-12-24(30)31)25(32)23(15-17-7-6-13-27-17)28-26(33)34-16-22-20-10-4-2-8-18(20)19-9-3-5-11-21(19)22/h2-11,13,22-23,27H,12,14-16H2,1H3,(H,28,33)(H,30,31). The molecule has 0 bridgehead atoms. The van der Waals surface area contributed by atoms with Gasteiger partial charge in [0, 0.05) is 37.8 Å². The largest absolute Gasteiger partial charge is 0.481 e. The van der Waals surface area contributed by atoms with E-state index >= 15 is 0 Å². The van der Waals surface area contributed by atoms with Crippen LogP contribution >= 0.6 is 0 Å². The van der Waals surface area contributed by atoms with Crippen LogP contribution in [0.2, 0.25) is 0 Å². The molecule has 1 heterocycles. The number of amides is 2. The number of ether oxygens (including phenoxy) is 1. The van der Waals surface area contributed by atoms with Crippen LogP contribution in [-0.4, -0.2) is 59.2 Å². The number of aromatic amines is 1. The Bertz CT molecular complexity index is 1130. The molecule has 1 atom stereocenters. The molecule has 8 heteroatoms. The molecule has 0 radical (unpaired) electrons. The maximum Gasteiger partial charge on any atom is 0.407 e. The zero-order valence-electron chi connectivity index (χ0n) is 18.9. The molecule has 0 aliphatic heterocycles. The molecule has 0 fully saturated rings. The molecule has 3 aromatic rings. The molecule has 0 saturated carbocycles. The van der Waals surface area contributed by atoms with Crippen molar-refractivity contribution in [2.45, 2.75) is 24.8 Å². The Hall–Kier alpha value is -4.07. The number of fused-ring (bicyclic) bond motifs is 3. The SMILES string of the molecule is CN(CCC(=O)O)C(=O)C(Cc1ccc[nH]1)NC(=O)OCC1c2ccccc2-c2ccccc21. The maximum absolute atomic E-state index is 13.0. The van der Waals surface area contributed by atoms with Crippen LogP contribution in [0.4, 0.5) is 4.79 Å². The van der Waals surface area contributed by atoms with Gasteiger partial charge in [-0.15, -0.1) is 0 Å². The zero-order valence-corrected chi connectivity index (χ0v) is 18.9. The number of alkyl carbamates (subject to hydrolysis) is 1. The van der Waals surface area contributed by atoms with E-state index in [9.17, 15) is 14.4 Å². The Balaban J connectivity index is 1.44. The van der Waals surface area contributed by atoms with Gasteiger partial charge in [0.2, 0.25) is 5.91 Å². The van der Waals surface area contributed by atoms with Crippen LogP contribution in [0.1, 0.15) is 29.2 Å². The molecule has 3 N–H and O–H groups in total. The summed E-state index contributed by atoms with van der Waals surface area (Å²) in [6.07, 6.45) is 1.09. The number of rotatable bonds is 9. The summed E-state index contributed by atoms with van der Waals surface area (Å²) in [5, 5.41) is 11.6. The Labute approximate surface area is 197 Å². The van der Waals surface area contributed by atoms with Crippen molar-refractivity contribution in [2.24, 2.45) is 0 Å². The lowest BCUT2D eigenvalue weighted by molar-refractivity contribution is -0.138. The summed E-state index contributed by atoms with van der Waals surface area (Å²) in [7, 11) is 1.52. The first-order chi connectivity index (χ1) is 16.4. The third-order valence-electron chi connectivity index (χ3n) is 6.06. The van der Waals surface area contributed by atoms with E-state index in [4.69, 9.17) is 9.84 Å². The van der Waals surface area contributed by atoms with E-state index in [1.54, 1.807) is 12.3 Å². The van der Waals surface area contributed by atoms with Crippen molar-refractivity contribution in [1.29, 1.82) is 0 Å². The van der Waals surface area contributed by atoms with E-state index in [0.717, 1.165) is 27.9 Å². The van der Waals surface area contributed by atoms with Crippen molar-refractivity contribution < 1.29 is 24.2 Å². The van der Waals surface area contributed by atoms with E-state index in [0.29, 0.717) is 0 Å². The van der Waals surface area contributed by atoms with Crippen LogP contribution < -0.4 is 5.32 Å². The molecular formula is C26H27N3O5. The summed E-state index contributed by atoms with van der Waals surface area (Å²) >= 11 is 0. The highest BCUT2D eigenvalue weighted by Crippen LogP contribution is 2.44. The normalized spacial score (nSPS) is 13.0. The monoisotopic (exact) mass is 461 g/mol. The van der Waals surface area contributed by atoms with Gasteiger partial charge in [0.05, 0.1) is 6.42 Å². The van der Waals surface area contributed by atoms with Gasteiger partial charge in [-0.25, -0.2) is 4.79 Å². The number of likely N-dealkylation sites (N-methyl/N-ethyl adjacent to an activating group) is 1. The Morgan fingerprint density at radius 2 is 1.68 bits per heavy atom. The van der Waals surface area contributed by atoms with E-state index < -0.39 is 18.1 Å². The highest BCUT2D eigenvalue weighted by molar-refractivity contribution is 5.86. The Kier molecular flexibility index (Phi) is 6.96. The number of carbonyl (C=O) groups excluding carboxylic acids is 2. The summed E-state index contributed by atoms with van der Waals surface area (Å²) in [4.78, 5) is 40.9. The second-order valence-corrected chi connectivity index (χ2v) is 8.33. The predicted octanol–water partition coefficient (Wildman–Crippen LogP) is 3.40. The topological polar surface area (TPSA) is 112 Å². The van der Waals surface area contributed by atoms with Crippen molar-refractivity contribution >= 4 is 18.0 Å². The molecule has 2 amide bonds. The minimum atomic E-state index is -0.995. The van der Waals surface area contributed by atoms with E-state index in [-0.39, 0.29) is 37.8 Å². The third kappa shape index (κ3) is 5.11. The average molecular weight is 462 g/mol. The molecule has 1 aromatic heterocycles. The van der Waals surface area contributed by atoms with Crippen molar-refractivity contribution in [2.75, 3.05) is 20.2 Å². The van der Waals surface area contributed by atoms with Crippen molar-refractivity contribution in [1.82, 2.24) is 15.2 Å². The van der Waals surface area contributed by atoms with Crippen molar-refractivity contribution in [3.8, 4) is 11.1 Å². The second kappa shape index (κ2) is 10.2. The fraction of sp³-hybridized carbons (Fsp3) is 0.269. The fourth-order valence-corrected chi connectivity index (χ4v) is 4.34. The van der Waals surface area contributed by atoms with Crippen LogP contribution in [0.3, 0.4) is 0 Å². The van der Waals surface area contributed by atoms with Crippen LogP contribution in [0.15, 0.2) is 66.9 Å². The summed E-state index contributed by atoms with van der Waals surface area (Å²) in [6, 6.07) is 18.8. The van der Waals surface area contributed by atoms with Crippen LogP contribution in [0.5, 0.6) is 0 Å². The first-order valence-electron chi connectivity index (χ1n) is 11.1. The van der Waals surface area contributed by atoms with Crippen molar-refractivity contribution in [3.63, 3.8) is 0 Å². The number of hydrogen-bond acceptors (Lipinski definition) is 4. The lowest BCUT2D eigenvalue weighted by atomic mass is 9.98. The molecule has 34 heavy (non-hydrogen) atoms. The van der Waals surface area contributed by atoms with Gasteiger partial charge in [-0.2, -0.15) is 0 Å². The van der Waals surface area contributed by atoms with E-state index in [1.807, 2.05) is 42.5 Å². The molecule has 4 rings (SSSR count). The number of carbonyl (C=O) groups is 3. The van der Waals surface area contributed by atoms with Gasteiger partial charge in [-0.05, 0) is 34.4 Å². The minimum absolute atomic E-state index is 0.0434. The highest BCUT2D eigenvalue weighted by Gasteiger charge is 2.30. The number of carboxylic acid groups (broad SMARTS) is 1. The van der Waals surface area contributed by atoms with E-state index in [2.05, 4.69) is 22.4 Å². The summed E-state index contributed by atoms with van der Waals surface area (Å²) in [5.41, 5.74) is 5.23. The number of nitrogens with zero attached hydrogens (tertiary/aromatic N) is 1. The van der Waals surface area contributed by atoms with Gasteiger partial charge >= 0.3 is 12.1 Å². The zero-order chi connectivity index (χ0) is 24.1. The smallest absolute Gasteiger partial charge is 0.407 e. The summed E-state index contributed by atoms with van der Waals surface area (Å²) < 4.78 is 5.59. The Morgan fingerprint density at radius 3 is 2.26 bits per heavy atom. The molecule has 0 spiro atoms. The number of aliphatic carboxylic acids is 1. The van der Waals surface area contributed by atoms with Gasteiger partial charge in [0.1, 0.15) is 12.6 Å². The van der Waals surface area contributed by atoms with Crippen LogP contribution in [0, 0.1) is 0 Å². The molecule has 1 unspecified atom stereocenters. The predicted molar refractivity (Wildman–Crippen MR) is 126 cm³/mol. The summed E-state index contributed by atoms with van der Waals surface area (Å²) in [5.74, 6) is -1.47. The molecule has 2 aromatic carbocycles. The number of carboxylic acids is 1. The molecule has 176 valence electrons. The first-order valence-corrected chi connectivity index (χ1v) is 11.1. The van der Waals surface area contributed by atoms with Crippen LogP contribution in [0.25, 0.3) is 11.1 Å². The summed E-state index contributed by atoms with van der Waals surface area (Å²) in [6.45, 7) is 0.180. The van der Waals surface area contributed by atoms with Gasteiger partial charge in [0.15, 0.2) is 0 Å². The number of aromatic nitrogens is 1. The lowest BCUT2D eigenvalue weighted by Crippen LogP contribution is -2.49. The first kappa shape index (κ1) is 23.1. The maximum atomic E-state index is 13.0. The number of nitrogens with one attached hydrogen (secondary N) is 2. The molecule has 1 aliphatic carbocycles. The minimum Gasteiger partial charge on any atom is -0.481 e. The number of benzene rings is 2. The van der Waals surface area contributed by atoms with Gasteiger partial charge in [0.25, 0.3) is 0 Å². The van der Waals surface area contributed by atoms with Gasteiger partial charge in [-0.1, -0.05) is 48.5 Å². The van der Waals surface area contributed by atoms with Gasteiger partial charge < -0.3 is 25.0 Å². The highest BCUT2D eigenvalue weighted by atomic mass is 16.5. The fourth-order valence-electron chi connectivity index (χ4n) is 4.34. The third-order valence-corrected chi connectivity index (χ3v) is 6.06.